The lowest BCUT2D eigenvalue weighted by atomic mass is 10.2. The van der Waals surface area contributed by atoms with Crippen LogP contribution in [0.3, 0.4) is 0 Å². The first-order chi connectivity index (χ1) is 11.9. The van der Waals surface area contributed by atoms with Gasteiger partial charge in [0.25, 0.3) is 5.91 Å². The molecule has 0 fully saturated rings. The standard InChI is InChI=1S/C17H16ClN3O4/c1-10(25-17(24)14-4-3-9-19-15(14)18)16(23)21-13-7-5-12(6-8-13)20-11(2)22/h3-10H,1-2H3,(H,20,22)(H,21,23)/t10-/m1/s1. The molecule has 1 atom stereocenters. The Kier molecular flexibility index (Phi) is 6.08. The Morgan fingerprint density at radius 1 is 1.08 bits per heavy atom. The molecule has 8 heteroatoms. The lowest BCUT2D eigenvalue weighted by molar-refractivity contribution is -0.123. The number of hydrogen-bond acceptors (Lipinski definition) is 5. The Labute approximate surface area is 149 Å². The zero-order chi connectivity index (χ0) is 18.4. The number of halogens is 1. The van der Waals surface area contributed by atoms with Crippen molar-refractivity contribution < 1.29 is 19.1 Å². The van der Waals surface area contributed by atoms with E-state index in [2.05, 4.69) is 15.6 Å². The van der Waals surface area contributed by atoms with Crippen molar-refractivity contribution >= 4 is 40.8 Å². The van der Waals surface area contributed by atoms with Crippen molar-refractivity contribution in [3.8, 4) is 0 Å². The summed E-state index contributed by atoms with van der Waals surface area (Å²) in [5.74, 6) is -1.42. The molecule has 2 rings (SSSR count). The summed E-state index contributed by atoms with van der Waals surface area (Å²) >= 11 is 5.82. The fourth-order valence-corrected chi connectivity index (χ4v) is 2.10. The highest BCUT2D eigenvalue weighted by molar-refractivity contribution is 6.32. The number of carbonyl (C=O) groups is 3. The van der Waals surface area contributed by atoms with E-state index in [1.807, 2.05) is 0 Å². The zero-order valence-electron chi connectivity index (χ0n) is 13.6. The summed E-state index contributed by atoms with van der Waals surface area (Å²) < 4.78 is 5.10. The molecule has 0 aliphatic heterocycles. The maximum absolute atomic E-state index is 12.1. The molecule has 130 valence electrons. The molecule has 7 nitrogen and oxygen atoms in total. The monoisotopic (exact) mass is 361 g/mol. The number of carbonyl (C=O) groups excluding carboxylic acids is 3. The quantitative estimate of drug-likeness (QED) is 0.630. The Hall–Kier alpha value is -2.93. The zero-order valence-corrected chi connectivity index (χ0v) is 14.3. The van der Waals surface area contributed by atoms with Crippen molar-refractivity contribution in [2.75, 3.05) is 10.6 Å². The van der Waals surface area contributed by atoms with Crippen LogP contribution < -0.4 is 10.6 Å². The van der Waals surface area contributed by atoms with Crippen LogP contribution in [0.5, 0.6) is 0 Å². The maximum atomic E-state index is 12.1. The van der Waals surface area contributed by atoms with Crippen molar-refractivity contribution in [2.45, 2.75) is 20.0 Å². The van der Waals surface area contributed by atoms with Crippen LogP contribution in [-0.2, 0) is 14.3 Å². The van der Waals surface area contributed by atoms with Crippen molar-refractivity contribution in [2.24, 2.45) is 0 Å². The van der Waals surface area contributed by atoms with Crippen LogP contribution in [0, 0.1) is 0 Å². The molecule has 0 radical (unpaired) electrons. The molecule has 0 aliphatic rings. The van der Waals surface area contributed by atoms with E-state index in [-0.39, 0.29) is 16.6 Å². The van der Waals surface area contributed by atoms with E-state index < -0.39 is 18.0 Å². The van der Waals surface area contributed by atoms with Gasteiger partial charge in [0.2, 0.25) is 5.91 Å². The number of amides is 2. The van der Waals surface area contributed by atoms with Crippen molar-refractivity contribution in [1.82, 2.24) is 4.98 Å². The van der Waals surface area contributed by atoms with Crippen LogP contribution in [0.1, 0.15) is 24.2 Å². The summed E-state index contributed by atoms with van der Waals surface area (Å²) in [7, 11) is 0. The maximum Gasteiger partial charge on any atom is 0.342 e. The molecule has 25 heavy (non-hydrogen) atoms. The first-order valence-corrected chi connectivity index (χ1v) is 7.74. The second kappa shape index (κ2) is 8.25. The average molecular weight is 362 g/mol. The second-order valence-corrected chi connectivity index (χ2v) is 5.50. The second-order valence-electron chi connectivity index (χ2n) is 5.14. The number of rotatable bonds is 5. The van der Waals surface area contributed by atoms with E-state index in [0.717, 1.165) is 0 Å². The minimum Gasteiger partial charge on any atom is -0.449 e. The smallest absolute Gasteiger partial charge is 0.342 e. The number of hydrogen-bond donors (Lipinski definition) is 2. The highest BCUT2D eigenvalue weighted by Crippen LogP contribution is 2.16. The Bertz CT molecular complexity index is 793. The van der Waals surface area contributed by atoms with Gasteiger partial charge in [0.1, 0.15) is 5.15 Å². The SMILES string of the molecule is CC(=O)Nc1ccc(NC(=O)[C@@H](C)OC(=O)c2cccnc2Cl)cc1. The van der Waals surface area contributed by atoms with Crippen LogP contribution >= 0.6 is 11.6 Å². The summed E-state index contributed by atoms with van der Waals surface area (Å²) in [5.41, 5.74) is 1.20. The molecular formula is C17H16ClN3O4. The Morgan fingerprint density at radius 3 is 2.24 bits per heavy atom. The normalized spacial score (nSPS) is 11.3. The van der Waals surface area contributed by atoms with Crippen LogP contribution in [0.4, 0.5) is 11.4 Å². The third kappa shape index (κ3) is 5.29. The number of ether oxygens (including phenoxy) is 1. The molecular weight excluding hydrogens is 346 g/mol. The third-order valence-electron chi connectivity index (χ3n) is 3.10. The molecule has 0 unspecified atom stereocenters. The Balaban J connectivity index is 1.95. The molecule has 0 aliphatic carbocycles. The van der Waals surface area contributed by atoms with Crippen LogP contribution in [0.15, 0.2) is 42.6 Å². The van der Waals surface area contributed by atoms with E-state index in [1.165, 1.54) is 26.1 Å². The molecule has 1 heterocycles. The first-order valence-electron chi connectivity index (χ1n) is 7.37. The van der Waals surface area contributed by atoms with Gasteiger partial charge >= 0.3 is 5.97 Å². The van der Waals surface area contributed by atoms with Gasteiger partial charge in [-0.25, -0.2) is 9.78 Å². The Morgan fingerprint density at radius 2 is 1.68 bits per heavy atom. The predicted molar refractivity (Wildman–Crippen MR) is 93.5 cm³/mol. The predicted octanol–water partition coefficient (Wildman–Crippen LogP) is 2.88. The molecule has 1 aromatic carbocycles. The number of anilines is 2. The topological polar surface area (TPSA) is 97.4 Å². The first kappa shape index (κ1) is 18.4. The lowest BCUT2D eigenvalue weighted by Crippen LogP contribution is -2.30. The molecule has 0 saturated carbocycles. The van der Waals surface area contributed by atoms with E-state index >= 15 is 0 Å². The largest absolute Gasteiger partial charge is 0.449 e. The van der Waals surface area contributed by atoms with Crippen molar-refractivity contribution in [3.05, 3.63) is 53.3 Å². The van der Waals surface area contributed by atoms with Crippen molar-refractivity contribution in [1.29, 1.82) is 0 Å². The lowest BCUT2D eigenvalue weighted by Gasteiger charge is -2.14. The van der Waals surface area contributed by atoms with Gasteiger partial charge in [-0.3, -0.25) is 9.59 Å². The highest BCUT2D eigenvalue weighted by atomic mass is 35.5. The van der Waals surface area contributed by atoms with E-state index in [1.54, 1.807) is 30.3 Å². The van der Waals surface area contributed by atoms with Gasteiger partial charge in [-0.05, 0) is 43.3 Å². The van der Waals surface area contributed by atoms with Gasteiger partial charge in [0.05, 0.1) is 5.56 Å². The van der Waals surface area contributed by atoms with Gasteiger partial charge in [-0.2, -0.15) is 0 Å². The minimum absolute atomic E-state index is 0.00803. The number of pyridine rings is 1. The summed E-state index contributed by atoms with van der Waals surface area (Å²) in [6, 6.07) is 9.53. The summed E-state index contributed by atoms with van der Waals surface area (Å²) in [5, 5.41) is 5.24. The molecule has 2 amide bonds. The van der Waals surface area contributed by atoms with Gasteiger partial charge in [0.15, 0.2) is 6.10 Å². The van der Waals surface area contributed by atoms with E-state index in [4.69, 9.17) is 16.3 Å². The molecule has 2 N–H and O–H groups in total. The molecule has 0 bridgehead atoms. The highest BCUT2D eigenvalue weighted by Gasteiger charge is 2.21. The number of nitrogens with one attached hydrogen (secondary N) is 2. The fraction of sp³-hybridized carbons (Fsp3) is 0.176. The number of aromatic nitrogens is 1. The van der Waals surface area contributed by atoms with Gasteiger partial charge in [-0.1, -0.05) is 11.6 Å². The van der Waals surface area contributed by atoms with Crippen LogP contribution in [-0.4, -0.2) is 28.9 Å². The van der Waals surface area contributed by atoms with Gasteiger partial charge < -0.3 is 15.4 Å². The summed E-state index contributed by atoms with van der Waals surface area (Å²) in [6.45, 7) is 2.85. The van der Waals surface area contributed by atoms with Crippen molar-refractivity contribution in [3.63, 3.8) is 0 Å². The average Bonchev–Trinajstić information content (AvgIpc) is 2.56. The fourth-order valence-electron chi connectivity index (χ4n) is 1.90. The van der Waals surface area contributed by atoms with Crippen LogP contribution in [0.25, 0.3) is 0 Å². The number of nitrogens with zero attached hydrogens (tertiary/aromatic N) is 1. The molecule has 1 aromatic heterocycles. The van der Waals surface area contributed by atoms with Gasteiger partial charge in [-0.15, -0.1) is 0 Å². The summed E-state index contributed by atoms with van der Waals surface area (Å²) in [4.78, 5) is 38.9. The summed E-state index contributed by atoms with van der Waals surface area (Å²) in [6.07, 6.45) is 0.415. The molecule has 2 aromatic rings. The molecule has 0 saturated heterocycles. The minimum atomic E-state index is -1.03. The van der Waals surface area contributed by atoms with E-state index in [0.29, 0.717) is 11.4 Å². The number of esters is 1. The van der Waals surface area contributed by atoms with Crippen LogP contribution in [0.2, 0.25) is 5.15 Å². The molecule has 0 spiro atoms. The third-order valence-corrected chi connectivity index (χ3v) is 3.41. The number of benzene rings is 1. The van der Waals surface area contributed by atoms with Gasteiger partial charge in [0, 0.05) is 24.5 Å². The van der Waals surface area contributed by atoms with E-state index in [9.17, 15) is 14.4 Å².